The second-order valence-electron chi connectivity index (χ2n) is 12.7. The zero-order chi connectivity index (χ0) is 27.2. The fraction of sp³-hybridized carbons (Fsp3) is 0.677. The van der Waals surface area contributed by atoms with Gasteiger partial charge in [-0.3, -0.25) is 4.90 Å². The maximum absolute atomic E-state index is 5.59. The van der Waals surface area contributed by atoms with E-state index in [0.29, 0.717) is 22.5 Å². The summed E-state index contributed by atoms with van der Waals surface area (Å²) in [5.74, 6) is 0.599. The average Bonchev–Trinajstić information content (AvgIpc) is 3.43. The molecule has 208 valence electrons. The van der Waals surface area contributed by atoms with Gasteiger partial charge in [0, 0.05) is 47.4 Å². The standard InChI is InChI=1S/C31H48N4OSSi/c1-20(2)38(21(3)4,22(5)6)35-19-29(31-33-23(7)24(8)37-31)28-17-26(18-32-30(28)35)25-9-11-27(12-10-25)34-13-15-36-16-14-34/h17-22,25,27H,9-16H2,1-8H3. The largest absolute Gasteiger partial charge is 0.379 e. The lowest BCUT2D eigenvalue weighted by atomic mass is 9.81. The summed E-state index contributed by atoms with van der Waals surface area (Å²) in [6.07, 6.45) is 9.76. The summed E-state index contributed by atoms with van der Waals surface area (Å²) >= 11 is 1.84. The van der Waals surface area contributed by atoms with Crippen LogP contribution in [0.3, 0.4) is 0 Å². The number of hydrogen-bond acceptors (Lipinski definition) is 5. The molecule has 0 aromatic carbocycles. The van der Waals surface area contributed by atoms with Gasteiger partial charge in [-0.2, -0.15) is 0 Å². The van der Waals surface area contributed by atoms with Crippen LogP contribution in [0.2, 0.25) is 16.6 Å². The van der Waals surface area contributed by atoms with Crippen LogP contribution in [0.4, 0.5) is 0 Å². The lowest BCUT2D eigenvalue weighted by Crippen LogP contribution is -2.51. The third-order valence-corrected chi connectivity index (χ3v) is 17.7. The van der Waals surface area contributed by atoms with E-state index in [1.165, 1.54) is 52.7 Å². The number of hydrogen-bond donors (Lipinski definition) is 0. The van der Waals surface area contributed by atoms with E-state index in [2.05, 4.69) is 83.0 Å². The highest BCUT2D eigenvalue weighted by molar-refractivity contribution is 7.15. The zero-order valence-electron chi connectivity index (χ0n) is 24.9. The molecule has 2 fully saturated rings. The van der Waals surface area contributed by atoms with Crippen LogP contribution in [-0.4, -0.2) is 59.7 Å². The second-order valence-corrected chi connectivity index (χ2v) is 19.6. The van der Waals surface area contributed by atoms with E-state index in [0.717, 1.165) is 43.0 Å². The molecule has 0 N–H and O–H groups in total. The third kappa shape index (κ3) is 4.82. The lowest BCUT2D eigenvalue weighted by Gasteiger charge is -2.44. The number of fused-ring (bicyclic) bond motifs is 1. The highest BCUT2D eigenvalue weighted by Gasteiger charge is 2.46. The number of pyridine rings is 1. The average molecular weight is 553 g/mol. The molecule has 4 heterocycles. The summed E-state index contributed by atoms with van der Waals surface area (Å²) in [7, 11) is -1.96. The summed E-state index contributed by atoms with van der Waals surface area (Å²) in [6, 6.07) is 3.22. The van der Waals surface area contributed by atoms with Crippen LogP contribution < -0.4 is 0 Å². The Bertz CT molecular complexity index is 1210. The first kappa shape index (κ1) is 28.0. The Hall–Kier alpha value is -1.54. The third-order valence-electron chi connectivity index (χ3n) is 9.85. The minimum Gasteiger partial charge on any atom is -0.379 e. The molecule has 0 unspecified atom stereocenters. The quantitative estimate of drug-likeness (QED) is 0.277. The first-order chi connectivity index (χ1) is 18.1. The minimum absolute atomic E-state index is 0.599. The van der Waals surface area contributed by atoms with Gasteiger partial charge in [0.15, 0.2) is 8.24 Å². The molecule has 2 aliphatic rings. The van der Waals surface area contributed by atoms with Gasteiger partial charge in [-0.25, -0.2) is 9.97 Å². The van der Waals surface area contributed by atoms with Crippen molar-refractivity contribution >= 4 is 30.6 Å². The van der Waals surface area contributed by atoms with E-state index >= 15 is 0 Å². The van der Waals surface area contributed by atoms with Crippen molar-refractivity contribution in [3.8, 4) is 10.6 Å². The van der Waals surface area contributed by atoms with Gasteiger partial charge in [-0.1, -0.05) is 41.5 Å². The van der Waals surface area contributed by atoms with Gasteiger partial charge < -0.3 is 8.97 Å². The highest BCUT2D eigenvalue weighted by atomic mass is 32.1. The van der Waals surface area contributed by atoms with Crippen LogP contribution in [0.15, 0.2) is 18.5 Å². The molecule has 7 heteroatoms. The molecule has 0 bridgehead atoms. The summed E-state index contributed by atoms with van der Waals surface area (Å²) in [4.78, 5) is 14.3. The smallest absolute Gasteiger partial charge is 0.171 e. The molecule has 1 saturated carbocycles. The summed E-state index contributed by atoms with van der Waals surface area (Å²) in [5.41, 5.74) is 6.88. The van der Waals surface area contributed by atoms with Gasteiger partial charge in [0.1, 0.15) is 10.7 Å². The predicted molar refractivity (Wildman–Crippen MR) is 164 cm³/mol. The fourth-order valence-electron chi connectivity index (χ4n) is 7.95. The number of rotatable bonds is 7. The van der Waals surface area contributed by atoms with E-state index in [4.69, 9.17) is 14.7 Å². The fourth-order valence-corrected chi connectivity index (χ4v) is 15.5. The van der Waals surface area contributed by atoms with Gasteiger partial charge in [0.2, 0.25) is 0 Å². The molecule has 3 aromatic heterocycles. The normalized spacial score (nSPS) is 21.9. The van der Waals surface area contributed by atoms with Crippen LogP contribution in [0, 0.1) is 13.8 Å². The molecule has 3 aromatic rings. The van der Waals surface area contributed by atoms with Gasteiger partial charge >= 0.3 is 0 Å². The van der Waals surface area contributed by atoms with Crippen molar-refractivity contribution in [1.82, 2.24) is 19.1 Å². The topological polar surface area (TPSA) is 43.2 Å². The molecule has 1 saturated heterocycles. The molecule has 0 amide bonds. The van der Waals surface area contributed by atoms with Crippen molar-refractivity contribution in [2.24, 2.45) is 0 Å². The van der Waals surface area contributed by atoms with E-state index in [-0.39, 0.29) is 0 Å². The van der Waals surface area contributed by atoms with E-state index in [9.17, 15) is 0 Å². The second kappa shape index (κ2) is 11.1. The van der Waals surface area contributed by atoms with Crippen LogP contribution in [-0.2, 0) is 4.74 Å². The van der Waals surface area contributed by atoms with Crippen molar-refractivity contribution < 1.29 is 4.74 Å². The van der Waals surface area contributed by atoms with Crippen molar-refractivity contribution in [3.05, 3.63) is 34.6 Å². The summed E-state index contributed by atoms with van der Waals surface area (Å²) in [6.45, 7) is 23.0. The zero-order valence-corrected chi connectivity index (χ0v) is 26.7. The van der Waals surface area contributed by atoms with Gasteiger partial charge in [0.25, 0.3) is 0 Å². The van der Waals surface area contributed by atoms with E-state index in [1.807, 2.05) is 11.3 Å². The first-order valence-electron chi connectivity index (χ1n) is 14.9. The lowest BCUT2D eigenvalue weighted by molar-refractivity contribution is 0.00729. The van der Waals surface area contributed by atoms with Gasteiger partial charge in [-0.15, -0.1) is 11.3 Å². The Morgan fingerprint density at radius 1 is 0.947 bits per heavy atom. The van der Waals surface area contributed by atoms with Crippen molar-refractivity contribution in [1.29, 1.82) is 0 Å². The molecule has 0 radical (unpaired) electrons. The van der Waals surface area contributed by atoms with Crippen LogP contribution in [0.25, 0.3) is 21.6 Å². The predicted octanol–water partition coefficient (Wildman–Crippen LogP) is 8.16. The number of nitrogens with zero attached hydrogens (tertiary/aromatic N) is 4. The van der Waals surface area contributed by atoms with Crippen molar-refractivity contribution in [3.63, 3.8) is 0 Å². The molecule has 38 heavy (non-hydrogen) atoms. The molecule has 0 atom stereocenters. The molecule has 1 aliphatic carbocycles. The number of ether oxygens (including phenoxy) is 1. The molecule has 0 spiro atoms. The Kier molecular flexibility index (Phi) is 8.21. The van der Waals surface area contributed by atoms with Crippen molar-refractivity contribution in [2.45, 2.75) is 110 Å². The van der Waals surface area contributed by atoms with E-state index in [1.54, 1.807) is 0 Å². The molecular weight excluding hydrogens is 505 g/mol. The van der Waals surface area contributed by atoms with Gasteiger partial charge in [0.05, 0.1) is 18.9 Å². The molecule has 1 aliphatic heterocycles. The SMILES string of the molecule is Cc1nc(-c2cn([Si](C(C)C)(C(C)C)C(C)C)c3ncc(C4CCC(N5CCOCC5)CC4)cc23)sc1C. The monoisotopic (exact) mass is 552 g/mol. The first-order valence-corrected chi connectivity index (χ1v) is 17.9. The molecule has 5 rings (SSSR count). The minimum atomic E-state index is -1.96. The Morgan fingerprint density at radius 3 is 2.13 bits per heavy atom. The van der Waals surface area contributed by atoms with Crippen LogP contribution in [0.1, 0.15) is 89.3 Å². The Morgan fingerprint density at radius 2 is 1.58 bits per heavy atom. The van der Waals surface area contributed by atoms with Crippen molar-refractivity contribution in [2.75, 3.05) is 26.3 Å². The molecular formula is C31H48N4OSSi. The van der Waals surface area contributed by atoms with Crippen LogP contribution >= 0.6 is 11.3 Å². The number of thiazole rings is 1. The number of aromatic nitrogens is 3. The maximum atomic E-state index is 5.59. The Labute approximate surface area is 235 Å². The summed E-state index contributed by atoms with van der Waals surface area (Å²) < 4.78 is 8.28. The summed E-state index contributed by atoms with van der Waals surface area (Å²) in [5, 5.41) is 2.46. The van der Waals surface area contributed by atoms with Crippen LogP contribution in [0.5, 0.6) is 0 Å². The number of morpholine rings is 1. The number of aryl methyl sites for hydroxylation is 2. The van der Waals surface area contributed by atoms with E-state index < -0.39 is 8.24 Å². The highest BCUT2D eigenvalue weighted by Crippen LogP contribution is 2.47. The van der Waals surface area contributed by atoms with Gasteiger partial charge in [-0.05, 0) is 73.7 Å². The Balaban J connectivity index is 1.56. The molecule has 5 nitrogen and oxygen atoms in total. The maximum Gasteiger partial charge on any atom is 0.171 e.